The summed E-state index contributed by atoms with van der Waals surface area (Å²) < 4.78 is 7.40. The molecule has 118 valence electrons. The Morgan fingerprint density at radius 2 is 2.04 bits per heavy atom. The molecule has 3 rings (SSSR count). The summed E-state index contributed by atoms with van der Waals surface area (Å²) in [5, 5.41) is 3.46. The second-order valence-corrected chi connectivity index (χ2v) is 5.45. The highest BCUT2D eigenvalue weighted by atomic mass is 35.5. The molecule has 1 aromatic carbocycles. The Balaban J connectivity index is 1.45. The fraction of sp³-hybridized carbons (Fsp3) is 0.176. The van der Waals surface area contributed by atoms with Crippen molar-refractivity contribution in [2.24, 2.45) is 0 Å². The van der Waals surface area contributed by atoms with Crippen LogP contribution in [0.1, 0.15) is 5.82 Å². The van der Waals surface area contributed by atoms with Crippen molar-refractivity contribution < 1.29 is 9.53 Å². The molecule has 2 heterocycles. The normalized spacial score (nSPS) is 10.7. The zero-order valence-electron chi connectivity index (χ0n) is 12.4. The van der Waals surface area contributed by atoms with E-state index >= 15 is 0 Å². The van der Waals surface area contributed by atoms with Crippen LogP contribution in [0.4, 0.5) is 0 Å². The summed E-state index contributed by atoms with van der Waals surface area (Å²) in [6.07, 6.45) is 4.44. The van der Waals surface area contributed by atoms with Crippen molar-refractivity contribution in [2.75, 3.05) is 13.2 Å². The third-order valence-electron chi connectivity index (χ3n) is 3.37. The number of ether oxygens (including phenoxy) is 1. The molecule has 2 aromatic heterocycles. The quantitative estimate of drug-likeness (QED) is 0.756. The highest BCUT2D eigenvalue weighted by Crippen LogP contribution is 2.15. The lowest BCUT2D eigenvalue weighted by Gasteiger charge is -2.07. The maximum absolute atomic E-state index is 11.8. The predicted octanol–water partition coefficient (Wildman–Crippen LogP) is 2.73. The first-order valence-corrected chi connectivity index (χ1v) is 7.66. The summed E-state index contributed by atoms with van der Waals surface area (Å²) in [6, 6.07) is 12.8. The van der Waals surface area contributed by atoms with Gasteiger partial charge in [-0.3, -0.25) is 4.79 Å². The molecule has 0 aliphatic heterocycles. The molecule has 3 aromatic rings. The minimum absolute atomic E-state index is 0.0238. The van der Waals surface area contributed by atoms with Crippen LogP contribution in [0.15, 0.2) is 54.9 Å². The number of halogens is 1. The number of amides is 1. The molecule has 0 bridgehead atoms. The highest BCUT2D eigenvalue weighted by Gasteiger charge is 2.05. The third-order valence-corrected chi connectivity index (χ3v) is 3.62. The molecular weight excluding hydrogens is 314 g/mol. The molecule has 0 fully saturated rings. The topological polar surface area (TPSA) is 55.6 Å². The smallest absolute Gasteiger partial charge is 0.257 e. The Hall–Kier alpha value is -2.53. The number of hydrogen-bond acceptors (Lipinski definition) is 3. The number of rotatable bonds is 6. The van der Waals surface area contributed by atoms with E-state index in [2.05, 4.69) is 10.3 Å². The molecule has 0 saturated heterocycles. The predicted molar refractivity (Wildman–Crippen MR) is 88.9 cm³/mol. The van der Waals surface area contributed by atoms with Gasteiger partial charge in [-0.05, 0) is 36.4 Å². The number of imidazole rings is 1. The van der Waals surface area contributed by atoms with Gasteiger partial charge < -0.3 is 14.5 Å². The number of nitrogens with one attached hydrogen (secondary N) is 1. The van der Waals surface area contributed by atoms with Gasteiger partial charge in [-0.2, -0.15) is 0 Å². The van der Waals surface area contributed by atoms with Crippen LogP contribution in [-0.4, -0.2) is 28.4 Å². The largest absolute Gasteiger partial charge is 0.484 e. The third kappa shape index (κ3) is 4.02. The Kier molecular flexibility index (Phi) is 4.78. The van der Waals surface area contributed by atoms with Crippen molar-refractivity contribution in [3.63, 3.8) is 0 Å². The van der Waals surface area contributed by atoms with Gasteiger partial charge in [-0.25, -0.2) is 4.98 Å². The van der Waals surface area contributed by atoms with Gasteiger partial charge in [0, 0.05) is 24.2 Å². The van der Waals surface area contributed by atoms with E-state index in [1.807, 2.05) is 35.0 Å². The summed E-state index contributed by atoms with van der Waals surface area (Å²) in [4.78, 5) is 16.1. The first-order chi connectivity index (χ1) is 11.2. The highest BCUT2D eigenvalue weighted by molar-refractivity contribution is 6.30. The number of carbonyl (C=O) groups is 1. The Morgan fingerprint density at radius 3 is 2.87 bits per heavy atom. The van der Waals surface area contributed by atoms with Crippen LogP contribution < -0.4 is 10.1 Å². The summed E-state index contributed by atoms with van der Waals surface area (Å²) in [6.45, 7) is 0.487. The number of pyridine rings is 1. The van der Waals surface area contributed by atoms with Gasteiger partial charge in [-0.15, -0.1) is 0 Å². The maximum Gasteiger partial charge on any atom is 0.257 e. The summed E-state index contributed by atoms with van der Waals surface area (Å²) in [7, 11) is 0. The zero-order chi connectivity index (χ0) is 16.1. The van der Waals surface area contributed by atoms with Crippen molar-refractivity contribution in [1.29, 1.82) is 0 Å². The lowest BCUT2D eigenvalue weighted by Crippen LogP contribution is -2.30. The van der Waals surface area contributed by atoms with Crippen LogP contribution in [-0.2, 0) is 11.2 Å². The van der Waals surface area contributed by atoms with Gasteiger partial charge in [0.25, 0.3) is 5.91 Å². The van der Waals surface area contributed by atoms with Gasteiger partial charge in [-0.1, -0.05) is 17.7 Å². The Morgan fingerprint density at radius 1 is 1.22 bits per heavy atom. The van der Waals surface area contributed by atoms with Crippen molar-refractivity contribution >= 4 is 23.0 Å². The fourth-order valence-corrected chi connectivity index (χ4v) is 2.35. The minimum atomic E-state index is -0.166. The van der Waals surface area contributed by atoms with Crippen molar-refractivity contribution in [3.8, 4) is 5.75 Å². The Bertz CT molecular complexity index is 799. The number of aromatic nitrogens is 2. The molecule has 0 aliphatic carbocycles. The SMILES string of the molecule is O=C(COc1ccc(Cl)cc1)NCCc1ncc2ccccn12. The molecular formula is C17H16ClN3O2. The minimum Gasteiger partial charge on any atom is -0.484 e. The standard InChI is InChI=1S/C17H16ClN3O2/c18-13-4-6-15(7-5-13)23-12-17(22)19-9-8-16-20-11-14-3-1-2-10-21(14)16/h1-7,10-11H,8-9,12H2,(H,19,22). The van der Waals surface area contributed by atoms with Crippen molar-refractivity contribution in [3.05, 3.63) is 65.7 Å². The summed E-state index contributed by atoms with van der Waals surface area (Å²) >= 11 is 5.79. The van der Waals surface area contributed by atoms with E-state index in [-0.39, 0.29) is 12.5 Å². The van der Waals surface area contributed by atoms with Crippen LogP contribution >= 0.6 is 11.6 Å². The molecule has 6 heteroatoms. The van der Waals surface area contributed by atoms with E-state index in [0.29, 0.717) is 23.7 Å². The second kappa shape index (κ2) is 7.15. The van der Waals surface area contributed by atoms with Gasteiger partial charge in [0.15, 0.2) is 6.61 Å². The molecule has 1 N–H and O–H groups in total. The van der Waals surface area contributed by atoms with Crippen molar-refractivity contribution in [1.82, 2.24) is 14.7 Å². The molecule has 0 unspecified atom stereocenters. The number of carbonyl (C=O) groups excluding carboxylic acids is 1. The molecule has 0 radical (unpaired) electrons. The first-order valence-electron chi connectivity index (χ1n) is 7.28. The van der Waals surface area contributed by atoms with Crippen LogP contribution in [0.5, 0.6) is 5.75 Å². The van der Waals surface area contributed by atoms with Crippen LogP contribution in [0, 0.1) is 0 Å². The molecule has 0 aliphatic rings. The van der Waals surface area contributed by atoms with E-state index in [4.69, 9.17) is 16.3 Å². The monoisotopic (exact) mass is 329 g/mol. The number of benzene rings is 1. The lowest BCUT2D eigenvalue weighted by atomic mass is 10.3. The Labute approximate surface area is 138 Å². The molecule has 23 heavy (non-hydrogen) atoms. The van der Waals surface area contributed by atoms with Crippen LogP contribution in [0.2, 0.25) is 5.02 Å². The summed E-state index contributed by atoms with van der Waals surface area (Å²) in [5.74, 6) is 1.36. The van der Waals surface area contributed by atoms with E-state index < -0.39 is 0 Å². The lowest BCUT2D eigenvalue weighted by molar-refractivity contribution is -0.123. The number of hydrogen-bond donors (Lipinski definition) is 1. The van der Waals surface area contributed by atoms with E-state index in [0.717, 1.165) is 11.3 Å². The molecule has 0 atom stereocenters. The van der Waals surface area contributed by atoms with Gasteiger partial charge >= 0.3 is 0 Å². The molecule has 1 amide bonds. The number of nitrogens with zero attached hydrogens (tertiary/aromatic N) is 2. The zero-order valence-corrected chi connectivity index (χ0v) is 13.2. The van der Waals surface area contributed by atoms with Gasteiger partial charge in [0.05, 0.1) is 11.7 Å². The average molecular weight is 330 g/mol. The summed E-state index contributed by atoms with van der Waals surface area (Å²) in [5.41, 5.74) is 1.04. The molecule has 0 saturated carbocycles. The fourth-order valence-electron chi connectivity index (χ4n) is 2.23. The van der Waals surface area contributed by atoms with Crippen LogP contribution in [0.3, 0.4) is 0 Å². The van der Waals surface area contributed by atoms with Gasteiger partial charge in [0.2, 0.25) is 0 Å². The van der Waals surface area contributed by atoms with Gasteiger partial charge in [0.1, 0.15) is 11.6 Å². The second-order valence-electron chi connectivity index (χ2n) is 5.01. The van der Waals surface area contributed by atoms with Crippen molar-refractivity contribution in [2.45, 2.75) is 6.42 Å². The average Bonchev–Trinajstić information content (AvgIpc) is 2.98. The van der Waals surface area contributed by atoms with E-state index in [9.17, 15) is 4.79 Å². The van der Waals surface area contributed by atoms with E-state index in [1.54, 1.807) is 24.3 Å². The van der Waals surface area contributed by atoms with E-state index in [1.165, 1.54) is 0 Å². The first kappa shape index (κ1) is 15.4. The molecule has 5 nitrogen and oxygen atoms in total. The number of fused-ring (bicyclic) bond motifs is 1. The maximum atomic E-state index is 11.8. The van der Waals surface area contributed by atoms with Crippen LogP contribution in [0.25, 0.3) is 5.52 Å². The molecule has 0 spiro atoms.